The highest BCUT2D eigenvalue weighted by Gasteiger charge is 2.05. The Labute approximate surface area is 29.9 Å². The molecule has 0 aromatic carbocycles. The quantitative estimate of drug-likeness (QED) is 0.388. The molecule has 0 unspecified atom stereocenters. The van der Waals surface area contributed by atoms with E-state index in [1.807, 2.05) is 11.8 Å². The van der Waals surface area contributed by atoms with Gasteiger partial charge in [0.15, 0.2) is 0 Å². The zero-order valence-electron chi connectivity index (χ0n) is 2.32. The van der Waals surface area contributed by atoms with Gasteiger partial charge in [0.05, 0.1) is 0 Å². The Morgan fingerprint density at radius 2 is 2.25 bits per heavy atom. The molecule has 1 rings (SSSR count). The Balaban J connectivity index is 2.60. The minimum Gasteiger partial charge on any atom is -0.125 e. The third-order valence-corrected chi connectivity index (χ3v) is 1.05. The van der Waals surface area contributed by atoms with E-state index in [0.29, 0.717) is 0 Å². The molecule has 0 aliphatic carbocycles. The van der Waals surface area contributed by atoms with Crippen molar-refractivity contribution in [3.05, 3.63) is 11.5 Å². The second-order valence-electron chi connectivity index (χ2n) is 0.827. The average molecular weight is 72.1 g/mol. The van der Waals surface area contributed by atoms with Crippen LogP contribution < -0.4 is 0 Å². The van der Waals surface area contributed by atoms with Crippen LogP contribution in [0, 0.1) is 0 Å². The summed E-state index contributed by atoms with van der Waals surface area (Å²) in [6.45, 7) is 3.63. The summed E-state index contributed by atoms with van der Waals surface area (Å²) >= 11 is 1.83. The van der Waals surface area contributed by atoms with Crippen LogP contribution in [0.1, 0.15) is 0 Å². The lowest BCUT2D eigenvalue weighted by Crippen LogP contribution is -1.21. The topological polar surface area (TPSA) is 0 Å². The summed E-state index contributed by atoms with van der Waals surface area (Å²) in [6.07, 6.45) is 0. The van der Waals surface area contributed by atoms with Gasteiger partial charge in [-0.1, -0.05) is 6.58 Å². The van der Waals surface area contributed by atoms with Crippen LogP contribution in [0.15, 0.2) is 11.5 Å². The first-order valence-corrected chi connectivity index (χ1v) is 2.19. The van der Waals surface area contributed by atoms with Crippen LogP contribution in [0.25, 0.3) is 0 Å². The van der Waals surface area contributed by atoms with E-state index in [9.17, 15) is 0 Å². The fraction of sp³-hybridized carbons (Fsp3) is 0.333. The highest BCUT2D eigenvalue weighted by molar-refractivity contribution is 8.11. The Hall–Kier alpha value is 0.0900. The summed E-state index contributed by atoms with van der Waals surface area (Å²) in [5.41, 5.74) is 0. The van der Waals surface area contributed by atoms with E-state index in [0.717, 1.165) is 0 Å². The molecule has 4 heavy (non-hydrogen) atoms. The van der Waals surface area contributed by atoms with Crippen molar-refractivity contribution < 1.29 is 0 Å². The van der Waals surface area contributed by atoms with Crippen LogP contribution in [-0.4, -0.2) is 5.75 Å². The molecule has 1 saturated heterocycles. The van der Waals surface area contributed by atoms with Crippen molar-refractivity contribution in [3.63, 3.8) is 0 Å². The Kier molecular flexibility index (Phi) is 0.304. The predicted molar refractivity (Wildman–Crippen MR) is 21.6 cm³/mol. The van der Waals surface area contributed by atoms with E-state index in [2.05, 4.69) is 6.58 Å². The molecule has 0 saturated carbocycles. The molecule has 0 spiro atoms. The van der Waals surface area contributed by atoms with Gasteiger partial charge in [-0.05, 0) is 4.91 Å². The lowest BCUT2D eigenvalue weighted by atomic mass is 10.8. The van der Waals surface area contributed by atoms with Crippen LogP contribution >= 0.6 is 11.8 Å². The molecule has 1 aliphatic rings. The first-order chi connectivity index (χ1) is 1.89. The monoisotopic (exact) mass is 72.0 g/mol. The van der Waals surface area contributed by atoms with E-state index < -0.39 is 0 Å². The zero-order chi connectivity index (χ0) is 2.99. The molecular weight excluding hydrogens is 68.1 g/mol. The fourth-order valence-electron chi connectivity index (χ4n) is 0.0510. The lowest BCUT2D eigenvalue weighted by molar-refractivity contribution is 1.94. The SMILES string of the molecule is C=C1CS1. The van der Waals surface area contributed by atoms with Crippen LogP contribution in [0.4, 0.5) is 0 Å². The average Bonchev–Trinajstić information content (AvgIpc) is 1.75. The minimum atomic E-state index is 1.21. The lowest BCUT2D eigenvalue weighted by Gasteiger charge is -1.31. The molecule has 1 heterocycles. The van der Waals surface area contributed by atoms with Crippen molar-refractivity contribution in [2.75, 3.05) is 5.75 Å². The Bertz CT molecular complexity index is 41.2. The predicted octanol–water partition coefficient (Wildman–Crippen LogP) is 1.25. The number of thioether (sulfide) groups is 1. The zero-order valence-corrected chi connectivity index (χ0v) is 3.14. The number of hydrogen-bond acceptors (Lipinski definition) is 1. The van der Waals surface area contributed by atoms with Crippen molar-refractivity contribution >= 4 is 11.8 Å². The standard InChI is InChI=1S/C3H4S/c1-3-2-4-3/h1-2H2. The van der Waals surface area contributed by atoms with E-state index in [-0.39, 0.29) is 0 Å². The first-order valence-electron chi connectivity index (χ1n) is 1.20. The summed E-state index contributed by atoms with van der Waals surface area (Å²) in [5.74, 6) is 1.21. The van der Waals surface area contributed by atoms with Gasteiger partial charge in [0, 0.05) is 5.75 Å². The molecule has 1 heteroatoms. The number of hydrogen-bond donors (Lipinski definition) is 0. The minimum absolute atomic E-state index is 1.21. The second kappa shape index (κ2) is 0.521. The molecule has 22 valence electrons. The van der Waals surface area contributed by atoms with Gasteiger partial charge in [-0.2, -0.15) is 0 Å². The van der Waals surface area contributed by atoms with Crippen LogP contribution in [0.2, 0.25) is 0 Å². The summed E-state index contributed by atoms with van der Waals surface area (Å²) in [4.78, 5) is 1.33. The third kappa shape index (κ3) is 0.260. The smallest absolute Gasteiger partial charge is 0.0283 e. The summed E-state index contributed by atoms with van der Waals surface area (Å²) in [7, 11) is 0. The fourth-order valence-corrected chi connectivity index (χ4v) is 0.153. The Morgan fingerprint density at radius 1 is 2.00 bits per heavy atom. The molecule has 0 amide bonds. The molecular formula is C3H4S. The Morgan fingerprint density at radius 3 is 2.25 bits per heavy atom. The highest BCUT2D eigenvalue weighted by Crippen LogP contribution is 2.32. The van der Waals surface area contributed by atoms with Crippen molar-refractivity contribution in [3.8, 4) is 0 Å². The summed E-state index contributed by atoms with van der Waals surface area (Å²) in [6, 6.07) is 0. The van der Waals surface area contributed by atoms with Gasteiger partial charge in [-0.3, -0.25) is 0 Å². The molecule has 0 aromatic rings. The molecule has 1 aliphatic heterocycles. The molecule has 1 fully saturated rings. The third-order valence-electron chi connectivity index (χ3n) is 0.348. The molecule has 0 bridgehead atoms. The van der Waals surface area contributed by atoms with E-state index in [1.54, 1.807) is 0 Å². The first kappa shape index (κ1) is 2.33. The van der Waals surface area contributed by atoms with Gasteiger partial charge < -0.3 is 0 Å². The second-order valence-corrected chi connectivity index (χ2v) is 1.98. The molecule has 0 nitrogen and oxygen atoms in total. The summed E-state index contributed by atoms with van der Waals surface area (Å²) < 4.78 is 0. The van der Waals surface area contributed by atoms with Crippen molar-refractivity contribution in [1.82, 2.24) is 0 Å². The van der Waals surface area contributed by atoms with Crippen LogP contribution in [0.5, 0.6) is 0 Å². The van der Waals surface area contributed by atoms with Gasteiger partial charge in [0.25, 0.3) is 0 Å². The van der Waals surface area contributed by atoms with Crippen molar-refractivity contribution in [1.29, 1.82) is 0 Å². The molecule has 0 aromatic heterocycles. The van der Waals surface area contributed by atoms with Crippen molar-refractivity contribution in [2.45, 2.75) is 0 Å². The van der Waals surface area contributed by atoms with E-state index >= 15 is 0 Å². The number of rotatable bonds is 0. The maximum Gasteiger partial charge on any atom is 0.0283 e. The molecule has 0 N–H and O–H groups in total. The van der Waals surface area contributed by atoms with E-state index in [4.69, 9.17) is 0 Å². The van der Waals surface area contributed by atoms with Crippen molar-refractivity contribution in [2.24, 2.45) is 0 Å². The van der Waals surface area contributed by atoms with Crippen LogP contribution in [0.3, 0.4) is 0 Å². The molecule has 0 atom stereocenters. The van der Waals surface area contributed by atoms with Crippen LogP contribution in [-0.2, 0) is 0 Å². The highest BCUT2D eigenvalue weighted by atomic mass is 32.2. The van der Waals surface area contributed by atoms with Gasteiger partial charge >= 0.3 is 0 Å². The van der Waals surface area contributed by atoms with Gasteiger partial charge in [0.1, 0.15) is 0 Å². The van der Waals surface area contributed by atoms with Gasteiger partial charge in [-0.15, -0.1) is 11.8 Å². The van der Waals surface area contributed by atoms with Gasteiger partial charge in [-0.25, -0.2) is 0 Å². The summed E-state index contributed by atoms with van der Waals surface area (Å²) in [5, 5.41) is 0. The molecule has 0 radical (unpaired) electrons. The maximum absolute atomic E-state index is 3.63. The maximum atomic E-state index is 3.63. The van der Waals surface area contributed by atoms with Gasteiger partial charge in [0.2, 0.25) is 0 Å². The largest absolute Gasteiger partial charge is 0.125 e. The van der Waals surface area contributed by atoms with E-state index in [1.165, 1.54) is 10.7 Å². The normalized spacial score (nSPS) is 21.5.